The highest BCUT2D eigenvalue weighted by atomic mass is 35.5. The van der Waals surface area contributed by atoms with Crippen LogP contribution in [0.4, 0.5) is 4.39 Å². The van der Waals surface area contributed by atoms with Crippen LogP contribution < -0.4 is 11.1 Å². The number of hydrogen-bond donors (Lipinski definition) is 2. The first-order valence-corrected chi connectivity index (χ1v) is 12.4. The zero-order valence-corrected chi connectivity index (χ0v) is 21.2. The minimum Gasteiger partial charge on any atom is -0.350 e. The van der Waals surface area contributed by atoms with E-state index in [-0.39, 0.29) is 66.7 Å². The maximum Gasteiger partial charge on any atom is 0.243 e. The molecule has 0 unspecified atom stereocenters. The van der Waals surface area contributed by atoms with Gasteiger partial charge in [-0.2, -0.15) is 0 Å². The predicted molar refractivity (Wildman–Crippen MR) is 138 cm³/mol. The number of carbonyl (C=O) groups excluding carboxylic acids is 4. The molecule has 3 N–H and O–H groups in total. The van der Waals surface area contributed by atoms with Crippen LogP contribution in [0.2, 0.25) is 5.02 Å². The molecule has 0 radical (unpaired) electrons. The van der Waals surface area contributed by atoms with Gasteiger partial charge in [-0.15, -0.1) is 0 Å². The number of nitrogens with two attached hydrogens (primary N) is 1. The Balaban J connectivity index is 1.48. The second-order valence-corrected chi connectivity index (χ2v) is 9.65. The van der Waals surface area contributed by atoms with Crippen molar-refractivity contribution >= 4 is 45.9 Å². The van der Waals surface area contributed by atoms with Gasteiger partial charge >= 0.3 is 0 Å². The average molecular weight is 527 g/mol. The molecule has 0 aliphatic heterocycles. The van der Waals surface area contributed by atoms with Crippen LogP contribution in [0.15, 0.2) is 42.6 Å². The Morgan fingerprint density at radius 3 is 2.62 bits per heavy atom. The summed E-state index contributed by atoms with van der Waals surface area (Å²) in [7, 11) is 0. The van der Waals surface area contributed by atoms with Crippen molar-refractivity contribution in [2.75, 3.05) is 13.1 Å². The molecule has 2 amide bonds. The van der Waals surface area contributed by atoms with E-state index in [0.717, 1.165) is 18.4 Å². The van der Waals surface area contributed by atoms with Gasteiger partial charge < -0.3 is 20.5 Å². The SMILES string of the molecule is CC(=O)c1cn(CC(=O)N(CC(=O)NCc2cccc(Cl)c2F)C2CC2)c2ccc(CC(=O)CN)cc12. The van der Waals surface area contributed by atoms with E-state index >= 15 is 0 Å². The van der Waals surface area contributed by atoms with E-state index in [4.69, 9.17) is 17.3 Å². The van der Waals surface area contributed by atoms with Crippen LogP contribution in [0.25, 0.3) is 10.9 Å². The third-order valence-corrected chi connectivity index (χ3v) is 6.68. The van der Waals surface area contributed by atoms with Gasteiger partial charge in [0.05, 0.1) is 18.1 Å². The van der Waals surface area contributed by atoms with Crippen LogP contribution in [0, 0.1) is 5.82 Å². The molecule has 0 spiro atoms. The molecule has 1 fully saturated rings. The van der Waals surface area contributed by atoms with Gasteiger partial charge in [0, 0.05) is 47.2 Å². The Bertz CT molecular complexity index is 1380. The number of hydrogen-bond acceptors (Lipinski definition) is 5. The van der Waals surface area contributed by atoms with E-state index in [1.54, 1.807) is 35.0 Å². The lowest BCUT2D eigenvalue weighted by molar-refractivity contribution is -0.137. The molecular formula is C27H28ClFN4O4. The third-order valence-electron chi connectivity index (χ3n) is 6.39. The number of carbonyl (C=O) groups is 4. The monoisotopic (exact) mass is 526 g/mol. The van der Waals surface area contributed by atoms with Gasteiger partial charge in [-0.1, -0.05) is 29.8 Å². The summed E-state index contributed by atoms with van der Waals surface area (Å²) in [4.78, 5) is 51.5. The lowest BCUT2D eigenvalue weighted by atomic mass is 10.0. The Morgan fingerprint density at radius 1 is 1.19 bits per heavy atom. The molecule has 1 aliphatic carbocycles. The third kappa shape index (κ3) is 6.23. The van der Waals surface area contributed by atoms with Crippen molar-refractivity contribution in [1.29, 1.82) is 0 Å². The molecule has 1 saturated carbocycles. The maximum absolute atomic E-state index is 14.1. The number of ketones is 2. The molecule has 37 heavy (non-hydrogen) atoms. The lowest BCUT2D eigenvalue weighted by Gasteiger charge is -2.22. The van der Waals surface area contributed by atoms with Crippen LogP contribution in [-0.2, 0) is 33.9 Å². The fourth-order valence-corrected chi connectivity index (χ4v) is 4.49. The molecule has 0 atom stereocenters. The van der Waals surface area contributed by atoms with E-state index in [2.05, 4.69) is 5.32 Å². The van der Waals surface area contributed by atoms with Crippen molar-refractivity contribution < 1.29 is 23.6 Å². The number of rotatable bonds is 11. The molecule has 2 aromatic carbocycles. The highest BCUT2D eigenvalue weighted by Gasteiger charge is 2.34. The summed E-state index contributed by atoms with van der Waals surface area (Å²) in [6, 6.07) is 9.86. The number of nitrogens with one attached hydrogen (secondary N) is 1. The zero-order valence-electron chi connectivity index (χ0n) is 20.4. The van der Waals surface area contributed by atoms with E-state index in [1.807, 2.05) is 0 Å². The van der Waals surface area contributed by atoms with Crippen LogP contribution in [0.5, 0.6) is 0 Å². The number of halogens is 2. The summed E-state index contributed by atoms with van der Waals surface area (Å²) in [5.74, 6) is -1.53. The highest BCUT2D eigenvalue weighted by Crippen LogP contribution is 2.28. The van der Waals surface area contributed by atoms with Crippen molar-refractivity contribution in [2.24, 2.45) is 5.73 Å². The molecule has 0 bridgehead atoms. The molecular weight excluding hydrogens is 499 g/mol. The van der Waals surface area contributed by atoms with Gasteiger partial charge in [0.15, 0.2) is 11.6 Å². The van der Waals surface area contributed by atoms with Crippen molar-refractivity contribution in [3.05, 3.63) is 70.1 Å². The first-order chi connectivity index (χ1) is 17.7. The Morgan fingerprint density at radius 2 is 1.95 bits per heavy atom. The number of fused-ring (bicyclic) bond motifs is 1. The second kappa shape index (κ2) is 11.2. The van der Waals surface area contributed by atoms with Gasteiger partial charge in [-0.05, 0) is 43.5 Å². The Kier molecular flexibility index (Phi) is 8.04. The molecule has 1 aliphatic rings. The molecule has 0 saturated heterocycles. The van der Waals surface area contributed by atoms with Crippen LogP contribution in [0.3, 0.4) is 0 Å². The molecule has 8 nitrogen and oxygen atoms in total. The quantitative estimate of drug-likeness (QED) is 0.373. The van der Waals surface area contributed by atoms with Crippen LogP contribution >= 0.6 is 11.6 Å². The fourth-order valence-electron chi connectivity index (χ4n) is 4.30. The number of Topliss-reactive ketones (excluding diaryl/α,β-unsaturated/α-hetero) is 2. The van der Waals surface area contributed by atoms with Gasteiger partial charge in [0.25, 0.3) is 0 Å². The van der Waals surface area contributed by atoms with E-state index in [1.165, 1.54) is 24.0 Å². The average Bonchev–Trinajstić information content (AvgIpc) is 3.65. The predicted octanol–water partition coefficient (Wildman–Crippen LogP) is 3.01. The molecule has 194 valence electrons. The number of nitrogens with zero attached hydrogens (tertiary/aromatic N) is 2. The first kappa shape index (κ1) is 26.5. The molecule has 10 heteroatoms. The summed E-state index contributed by atoms with van der Waals surface area (Å²) in [6.45, 7) is 1.12. The van der Waals surface area contributed by atoms with Crippen LogP contribution in [-0.4, -0.2) is 52.0 Å². The second-order valence-electron chi connectivity index (χ2n) is 9.24. The Labute approximate surface area is 218 Å². The molecule has 1 heterocycles. The topological polar surface area (TPSA) is 114 Å². The highest BCUT2D eigenvalue weighted by molar-refractivity contribution is 6.30. The number of benzene rings is 2. The summed E-state index contributed by atoms with van der Waals surface area (Å²) >= 11 is 5.80. The molecule has 1 aromatic heterocycles. The smallest absolute Gasteiger partial charge is 0.243 e. The van der Waals surface area contributed by atoms with E-state index in [0.29, 0.717) is 16.5 Å². The summed E-state index contributed by atoms with van der Waals surface area (Å²) in [6.07, 6.45) is 3.39. The van der Waals surface area contributed by atoms with E-state index in [9.17, 15) is 23.6 Å². The first-order valence-electron chi connectivity index (χ1n) is 12.0. The van der Waals surface area contributed by atoms with Gasteiger partial charge in [-0.3, -0.25) is 19.2 Å². The molecule has 4 rings (SSSR count). The van der Waals surface area contributed by atoms with Crippen molar-refractivity contribution in [2.45, 2.75) is 45.3 Å². The molecule has 3 aromatic rings. The van der Waals surface area contributed by atoms with Crippen molar-refractivity contribution in [3.63, 3.8) is 0 Å². The van der Waals surface area contributed by atoms with Crippen molar-refractivity contribution in [3.8, 4) is 0 Å². The van der Waals surface area contributed by atoms with Gasteiger partial charge in [-0.25, -0.2) is 4.39 Å². The summed E-state index contributed by atoms with van der Waals surface area (Å²) < 4.78 is 15.8. The van der Waals surface area contributed by atoms with Crippen molar-refractivity contribution in [1.82, 2.24) is 14.8 Å². The fraction of sp³-hybridized carbons (Fsp3) is 0.333. The standard InChI is InChI=1S/C27H28ClFN4O4/c1-16(34)22-13-32(24-8-5-17(10-21(22)24)9-20(35)11-30)15-26(37)33(19-6-7-19)14-25(36)31-12-18-3-2-4-23(28)27(18)29/h2-5,8,10,13,19H,6-7,9,11-12,14-15,30H2,1H3,(H,31,36). The van der Waals surface area contributed by atoms with Gasteiger partial charge in [0.1, 0.15) is 12.4 Å². The Hall–Kier alpha value is -3.56. The normalized spacial score (nSPS) is 13.0. The number of amides is 2. The number of aromatic nitrogens is 1. The van der Waals surface area contributed by atoms with Crippen LogP contribution in [0.1, 0.15) is 41.3 Å². The summed E-state index contributed by atoms with van der Waals surface area (Å²) in [5, 5.41) is 3.28. The summed E-state index contributed by atoms with van der Waals surface area (Å²) in [5.41, 5.74) is 7.55. The minimum atomic E-state index is -0.587. The lowest BCUT2D eigenvalue weighted by Crippen LogP contribution is -2.43. The minimum absolute atomic E-state index is 0.0245. The largest absolute Gasteiger partial charge is 0.350 e. The van der Waals surface area contributed by atoms with E-state index < -0.39 is 11.7 Å². The zero-order chi connectivity index (χ0) is 26.7. The van der Waals surface area contributed by atoms with Gasteiger partial charge in [0.2, 0.25) is 11.8 Å². The maximum atomic E-state index is 14.1.